The smallest absolute Gasteiger partial charge is 0.307 e. The van der Waals surface area contributed by atoms with Crippen molar-refractivity contribution in [3.63, 3.8) is 0 Å². The Bertz CT molecular complexity index is 1140. The summed E-state index contributed by atoms with van der Waals surface area (Å²) in [6, 6.07) is 21.6. The van der Waals surface area contributed by atoms with E-state index in [1.807, 2.05) is 67.6 Å². The second kappa shape index (κ2) is 7.76. The average molecular weight is 386 g/mol. The summed E-state index contributed by atoms with van der Waals surface area (Å²) >= 11 is 0. The molecule has 4 heteroatoms. The third-order valence-electron chi connectivity index (χ3n) is 4.93. The zero-order chi connectivity index (χ0) is 20.4. The highest BCUT2D eigenvalue weighted by atomic mass is 19.1. The lowest BCUT2D eigenvalue weighted by Gasteiger charge is -2.08. The first kappa shape index (κ1) is 18.7. The number of ether oxygens (including phenoxy) is 1. The molecule has 1 N–H and O–H groups in total. The number of fused-ring (bicyclic) bond motifs is 1. The van der Waals surface area contributed by atoms with Gasteiger partial charge in [0.25, 0.3) is 0 Å². The van der Waals surface area contributed by atoms with Gasteiger partial charge in [-0.15, -0.1) is 0 Å². The molecular formula is C25H19FO3. The van der Waals surface area contributed by atoms with Crippen LogP contribution in [0.4, 0.5) is 4.39 Å². The first-order valence-electron chi connectivity index (χ1n) is 9.28. The summed E-state index contributed by atoms with van der Waals surface area (Å²) in [4.78, 5) is 11.3. The van der Waals surface area contributed by atoms with E-state index in [2.05, 4.69) is 0 Å². The molecule has 3 aromatic carbocycles. The van der Waals surface area contributed by atoms with Gasteiger partial charge in [0.1, 0.15) is 17.3 Å². The lowest BCUT2D eigenvalue weighted by molar-refractivity contribution is -0.135. The van der Waals surface area contributed by atoms with Gasteiger partial charge in [0, 0.05) is 0 Å². The summed E-state index contributed by atoms with van der Waals surface area (Å²) in [5.41, 5.74) is 4.77. The Kier molecular flexibility index (Phi) is 5.00. The van der Waals surface area contributed by atoms with Gasteiger partial charge >= 0.3 is 5.97 Å². The maximum absolute atomic E-state index is 13.9. The molecule has 4 rings (SSSR count). The highest BCUT2D eigenvalue weighted by Gasteiger charge is 2.25. The Balaban J connectivity index is 1.74. The molecule has 1 aliphatic carbocycles. The van der Waals surface area contributed by atoms with E-state index in [-0.39, 0.29) is 12.2 Å². The fourth-order valence-electron chi connectivity index (χ4n) is 3.59. The van der Waals surface area contributed by atoms with Crippen LogP contribution in [-0.2, 0) is 4.79 Å². The van der Waals surface area contributed by atoms with E-state index in [9.17, 15) is 14.3 Å². The van der Waals surface area contributed by atoms with Crippen LogP contribution < -0.4 is 4.74 Å². The summed E-state index contributed by atoms with van der Waals surface area (Å²) in [5.74, 6) is 0.176. The molecule has 0 saturated heterocycles. The minimum absolute atomic E-state index is 0.0983. The Labute approximate surface area is 168 Å². The fraction of sp³-hybridized carbons (Fsp3) is 0.0800. The molecule has 0 aliphatic heterocycles. The molecule has 144 valence electrons. The summed E-state index contributed by atoms with van der Waals surface area (Å²) < 4.78 is 19.8. The lowest BCUT2D eigenvalue weighted by Crippen LogP contribution is -1.96. The monoisotopic (exact) mass is 386 g/mol. The Morgan fingerprint density at radius 2 is 1.72 bits per heavy atom. The van der Waals surface area contributed by atoms with Crippen LogP contribution in [0.5, 0.6) is 11.5 Å². The van der Waals surface area contributed by atoms with Crippen LogP contribution in [-0.4, -0.2) is 11.1 Å². The van der Waals surface area contributed by atoms with Crippen molar-refractivity contribution in [3.8, 4) is 11.5 Å². The Hall–Kier alpha value is -3.66. The summed E-state index contributed by atoms with van der Waals surface area (Å²) in [5, 5.41) is 9.28. The molecule has 0 spiro atoms. The molecule has 3 nitrogen and oxygen atoms in total. The topological polar surface area (TPSA) is 46.5 Å². The predicted octanol–water partition coefficient (Wildman–Crippen LogP) is 6.42. The van der Waals surface area contributed by atoms with E-state index in [0.717, 1.165) is 33.6 Å². The molecule has 0 saturated carbocycles. The largest absolute Gasteiger partial charge is 0.481 e. The van der Waals surface area contributed by atoms with Gasteiger partial charge in [-0.1, -0.05) is 36.4 Å². The average Bonchev–Trinajstić information content (AvgIpc) is 2.94. The van der Waals surface area contributed by atoms with Crippen molar-refractivity contribution >= 4 is 23.2 Å². The molecule has 0 fully saturated rings. The number of benzene rings is 3. The summed E-state index contributed by atoms with van der Waals surface area (Å²) in [7, 11) is 0. The van der Waals surface area contributed by atoms with Crippen LogP contribution in [0.1, 0.15) is 30.0 Å². The first-order chi connectivity index (χ1) is 14.0. The van der Waals surface area contributed by atoms with Crippen molar-refractivity contribution in [2.75, 3.05) is 0 Å². The molecule has 3 aromatic rings. The number of carboxylic acids is 1. The van der Waals surface area contributed by atoms with Crippen molar-refractivity contribution in [2.45, 2.75) is 13.3 Å². The van der Waals surface area contributed by atoms with Crippen molar-refractivity contribution in [1.29, 1.82) is 0 Å². The van der Waals surface area contributed by atoms with Crippen molar-refractivity contribution in [3.05, 3.63) is 101 Å². The number of carboxylic acid groups (broad SMARTS) is 1. The number of halogens is 1. The normalized spacial score (nSPS) is 14.2. The SMILES string of the molecule is CC1=C(CC(=O)O)c2ccc(F)cc2/C1=C\c1cccc(Oc2ccccc2)c1. The standard InChI is InChI=1S/C25H19FO3/c1-16-22(24-14-18(26)10-11-21(24)23(16)15-25(27)28)13-17-6-5-9-20(12-17)29-19-7-3-2-4-8-19/h2-14H,15H2,1H3,(H,27,28)/b22-13-. The van der Waals surface area contributed by atoms with E-state index in [1.54, 1.807) is 6.07 Å². The lowest BCUT2D eigenvalue weighted by atomic mass is 10.0. The number of aliphatic carboxylic acids is 1. The molecular weight excluding hydrogens is 367 g/mol. The second-order valence-electron chi connectivity index (χ2n) is 6.91. The van der Waals surface area contributed by atoms with Gasteiger partial charge in [0.15, 0.2) is 0 Å². The molecule has 0 amide bonds. The summed E-state index contributed by atoms with van der Waals surface area (Å²) in [6.07, 6.45) is 1.85. The fourth-order valence-corrected chi connectivity index (χ4v) is 3.59. The van der Waals surface area contributed by atoms with Gasteiger partial charge in [0.05, 0.1) is 6.42 Å². The Morgan fingerprint density at radius 3 is 2.48 bits per heavy atom. The third-order valence-corrected chi connectivity index (χ3v) is 4.93. The number of allylic oxidation sites excluding steroid dienone is 2. The number of para-hydroxylation sites is 1. The molecule has 29 heavy (non-hydrogen) atoms. The van der Waals surface area contributed by atoms with E-state index in [4.69, 9.17) is 4.74 Å². The zero-order valence-corrected chi connectivity index (χ0v) is 15.9. The van der Waals surface area contributed by atoms with Crippen LogP contribution in [0.3, 0.4) is 0 Å². The van der Waals surface area contributed by atoms with E-state index < -0.39 is 5.97 Å². The van der Waals surface area contributed by atoms with Crippen LogP contribution in [0, 0.1) is 5.82 Å². The molecule has 0 bridgehead atoms. The number of carbonyl (C=O) groups is 1. The van der Waals surface area contributed by atoms with Gasteiger partial charge < -0.3 is 9.84 Å². The van der Waals surface area contributed by atoms with Crippen LogP contribution in [0.25, 0.3) is 17.2 Å². The maximum Gasteiger partial charge on any atom is 0.307 e. The molecule has 0 heterocycles. The second-order valence-corrected chi connectivity index (χ2v) is 6.91. The molecule has 0 atom stereocenters. The molecule has 0 unspecified atom stereocenters. The third kappa shape index (κ3) is 3.97. The Morgan fingerprint density at radius 1 is 0.966 bits per heavy atom. The van der Waals surface area contributed by atoms with Gasteiger partial charge in [-0.25, -0.2) is 4.39 Å². The first-order valence-corrected chi connectivity index (χ1v) is 9.28. The minimum atomic E-state index is -0.908. The zero-order valence-electron chi connectivity index (χ0n) is 15.9. The van der Waals surface area contributed by atoms with Crippen LogP contribution in [0.2, 0.25) is 0 Å². The van der Waals surface area contributed by atoms with E-state index >= 15 is 0 Å². The van der Waals surface area contributed by atoms with Gasteiger partial charge in [-0.2, -0.15) is 0 Å². The summed E-state index contributed by atoms with van der Waals surface area (Å²) in [6.45, 7) is 1.88. The van der Waals surface area contributed by atoms with E-state index in [0.29, 0.717) is 11.3 Å². The maximum atomic E-state index is 13.9. The van der Waals surface area contributed by atoms with Crippen molar-refractivity contribution < 1.29 is 19.0 Å². The highest BCUT2D eigenvalue weighted by molar-refractivity contribution is 6.07. The van der Waals surface area contributed by atoms with Gasteiger partial charge in [-0.05, 0) is 82.8 Å². The van der Waals surface area contributed by atoms with E-state index in [1.165, 1.54) is 12.1 Å². The quantitative estimate of drug-likeness (QED) is 0.550. The predicted molar refractivity (Wildman–Crippen MR) is 112 cm³/mol. The van der Waals surface area contributed by atoms with Crippen LogP contribution in [0.15, 0.2) is 78.4 Å². The van der Waals surface area contributed by atoms with Gasteiger partial charge in [0.2, 0.25) is 0 Å². The van der Waals surface area contributed by atoms with Gasteiger partial charge in [-0.3, -0.25) is 4.79 Å². The number of hydrogen-bond donors (Lipinski definition) is 1. The highest BCUT2D eigenvalue weighted by Crippen LogP contribution is 2.44. The number of rotatable bonds is 5. The molecule has 0 radical (unpaired) electrons. The number of hydrogen-bond acceptors (Lipinski definition) is 2. The molecule has 0 aromatic heterocycles. The van der Waals surface area contributed by atoms with Crippen molar-refractivity contribution in [1.82, 2.24) is 0 Å². The van der Waals surface area contributed by atoms with Crippen molar-refractivity contribution in [2.24, 2.45) is 0 Å². The van der Waals surface area contributed by atoms with Crippen LogP contribution >= 0.6 is 0 Å². The molecule has 1 aliphatic rings. The minimum Gasteiger partial charge on any atom is -0.481 e.